The number of halogens is 2. The predicted molar refractivity (Wildman–Crippen MR) is 87.3 cm³/mol. The number of aromatic nitrogens is 3. The van der Waals surface area contributed by atoms with Gasteiger partial charge < -0.3 is 9.30 Å². The van der Waals surface area contributed by atoms with E-state index in [9.17, 15) is 0 Å². The number of unbranched alkanes of at least 4 members (excludes halogenated alkanes) is 1. The SMILES string of the molecule is CCCCOCCCn1c(CCCl)nc2cc(Cl)cnc21. The molecule has 0 aliphatic rings. The van der Waals surface area contributed by atoms with E-state index in [2.05, 4.69) is 21.5 Å². The topological polar surface area (TPSA) is 39.9 Å². The van der Waals surface area contributed by atoms with Gasteiger partial charge >= 0.3 is 0 Å². The maximum absolute atomic E-state index is 5.97. The summed E-state index contributed by atoms with van der Waals surface area (Å²) >= 11 is 11.8. The number of hydrogen-bond acceptors (Lipinski definition) is 3. The monoisotopic (exact) mass is 329 g/mol. The molecule has 0 fully saturated rings. The number of pyridine rings is 1. The van der Waals surface area contributed by atoms with Crippen molar-refractivity contribution in [3.63, 3.8) is 0 Å². The number of ether oxygens (including phenoxy) is 1. The molecule has 0 amide bonds. The number of imidazole rings is 1. The minimum Gasteiger partial charge on any atom is -0.381 e. The summed E-state index contributed by atoms with van der Waals surface area (Å²) in [5.41, 5.74) is 1.70. The van der Waals surface area contributed by atoms with Crippen LogP contribution in [0.25, 0.3) is 11.2 Å². The third-order valence-electron chi connectivity index (χ3n) is 3.26. The summed E-state index contributed by atoms with van der Waals surface area (Å²) in [6.07, 6.45) is 5.60. The second-order valence-corrected chi connectivity index (χ2v) is 5.75. The van der Waals surface area contributed by atoms with Crippen molar-refractivity contribution in [2.45, 2.75) is 39.2 Å². The van der Waals surface area contributed by atoms with Crippen LogP contribution < -0.4 is 0 Å². The molecule has 0 aromatic carbocycles. The summed E-state index contributed by atoms with van der Waals surface area (Å²) in [5, 5.41) is 0.604. The third-order valence-corrected chi connectivity index (χ3v) is 3.66. The molecular weight excluding hydrogens is 309 g/mol. The number of rotatable bonds is 9. The van der Waals surface area contributed by atoms with Gasteiger partial charge in [-0.15, -0.1) is 11.6 Å². The van der Waals surface area contributed by atoms with Crippen LogP contribution in [0.1, 0.15) is 32.0 Å². The van der Waals surface area contributed by atoms with E-state index in [1.165, 1.54) is 0 Å². The van der Waals surface area contributed by atoms with Gasteiger partial charge in [0.15, 0.2) is 5.65 Å². The summed E-state index contributed by atoms with van der Waals surface area (Å²) in [4.78, 5) is 8.98. The lowest BCUT2D eigenvalue weighted by Gasteiger charge is -2.08. The van der Waals surface area contributed by atoms with Crippen LogP contribution in [0.3, 0.4) is 0 Å². The van der Waals surface area contributed by atoms with Gasteiger partial charge in [-0.2, -0.15) is 0 Å². The van der Waals surface area contributed by atoms with Gasteiger partial charge in [0.25, 0.3) is 0 Å². The van der Waals surface area contributed by atoms with Crippen molar-refractivity contribution in [3.05, 3.63) is 23.1 Å². The van der Waals surface area contributed by atoms with Crippen molar-refractivity contribution >= 4 is 34.4 Å². The van der Waals surface area contributed by atoms with E-state index in [0.29, 0.717) is 10.9 Å². The van der Waals surface area contributed by atoms with Crippen molar-refractivity contribution in [2.75, 3.05) is 19.1 Å². The number of nitrogens with zero attached hydrogens (tertiary/aromatic N) is 3. The third kappa shape index (κ3) is 4.56. The molecule has 2 aromatic rings. The first-order valence-electron chi connectivity index (χ1n) is 7.40. The average Bonchev–Trinajstić information content (AvgIpc) is 2.80. The largest absolute Gasteiger partial charge is 0.381 e. The molecule has 2 heterocycles. The number of alkyl halides is 1. The lowest BCUT2D eigenvalue weighted by atomic mass is 10.3. The normalized spacial score (nSPS) is 11.4. The van der Waals surface area contributed by atoms with Crippen LogP contribution >= 0.6 is 23.2 Å². The van der Waals surface area contributed by atoms with E-state index in [0.717, 1.165) is 62.4 Å². The minimum absolute atomic E-state index is 0.546. The number of aryl methyl sites for hydroxylation is 2. The van der Waals surface area contributed by atoms with Crippen molar-refractivity contribution in [2.24, 2.45) is 0 Å². The van der Waals surface area contributed by atoms with Gasteiger partial charge in [-0.1, -0.05) is 24.9 Å². The lowest BCUT2D eigenvalue weighted by Crippen LogP contribution is -2.08. The van der Waals surface area contributed by atoms with Gasteiger partial charge in [-0.05, 0) is 18.9 Å². The van der Waals surface area contributed by atoms with E-state index < -0.39 is 0 Å². The number of fused-ring (bicyclic) bond motifs is 1. The first kappa shape index (κ1) is 16.5. The molecule has 0 atom stereocenters. The zero-order chi connectivity index (χ0) is 15.1. The maximum atomic E-state index is 5.97. The molecule has 21 heavy (non-hydrogen) atoms. The molecule has 0 saturated heterocycles. The predicted octanol–water partition coefficient (Wildman–Crippen LogP) is 4.07. The van der Waals surface area contributed by atoms with Crippen LogP contribution in [0.4, 0.5) is 0 Å². The fourth-order valence-corrected chi connectivity index (χ4v) is 2.54. The van der Waals surface area contributed by atoms with Gasteiger partial charge in [0.05, 0.1) is 5.02 Å². The Labute approximate surface area is 135 Å². The molecule has 2 aromatic heterocycles. The lowest BCUT2D eigenvalue weighted by molar-refractivity contribution is 0.126. The average molecular weight is 330 g/mol. The molecule has 6 heteroatoms. The molecule has 2 rings (SSSR count). The second kappa shape index (κ2) is 8.57. The summed E-state index contributed by atoms with van der Waals surface area (Å²) in [7, 11) is 0. The van der Waals surface area contributed by atoms with Crippen molar-refractivity contribution in [3.8, 4) is 0 Å². The van der Waals surface area contributed by atoms with Gasteiger partial charge in [-0.3, -0.25) is 0 Å². The Morgan fingerprint density at radius 1 is 1.29 bits per heavy atom. The Morgan fingerprint density at radius 3 is 2.86 bits per heavy atom. The Morgan fingerprint density at radius 2 is 2.10 bits per heavy atom. The van der Waals surface area contributed by atoms with Crippen LogP contribution in [0.2, 0.25) is 5.02 Å². The van der Waals surface area contributed by atoms with Crippen LogP contribution in [0.15, 0.2) is 12.3 Å². The Balaban J connectivity index is 2.04. The second-order valence-electron chi connectivity index (χ2n) is 4.93. The van der Waals surface area contributed by atoms with E-state index in [1.807, 2.05) is 6.07 Å². The molecule has 0 bridgehead atoms. The molecule has 0 unspecified atom stereocenters. The zero-order valence-electron chi connectivity index (χ0n) is 12.3. The molecule has 0 saturated carbocycles. The fourth-order valence-electron chi connectivity index (χ4n) is 2.22. The highest BCUT2D eigenvalue weighted by molar-refractivity contribution is 6.31. The quantitative estimate of drug-likeness (QED) is 0.514. The van der Waals surface area contributed by atoms with E-state index in [-0.39, 0.29) is 0 Å². The molecule has 0 radical (unpaired) electrons. The van der Waals surface area contributed by atoms with Gasteiger partial charge in [-0.25, -0.2) is 9.97 Å². The Hall–Kier alpha value is -0.840. The molecule has 0 aliphatic carbocycles. The van der Waals surface area contributed by atoms with Crippen LogP contribution in [0.5, 0.6) is 0 Å². The summed E-state index contributed by atoms with van der Waals surface area (Å²) in [6, 6.07) is 1.84. The van der Waals surface area contributed by atoms with Crippen molar-refractivity contribution in [1.82, 2.24) is 14.5 Å². The molecular formula is C15H21Cl2N3O. The molecule has 0 spiro atoms. The molecule has 4 nitrogen and oxygen atoms in total. The van der Waals surface area contributed by atoms with E-state index >= 15 is 0 Å². The summed E-state index contributed by atoms with van der Waals surface area (Å²) in [6.45, 7) is 4.59. The number of hydrogen-bond donors (Lipinski definition) is 0. The first-order chi connectivity index (χ1) is 10.3. The van der Waals surface area contributed by atoms with Crippen LogP contribution in [0, 0.1) is 0 Å². The smallest absolute Gasteiger partial charge is 0.160 e. The maximum Gasteiger partial charge on any atom is 0.160 e. The Kier molecular flexibility index (Phi) is 6.74. The molecule has 0 aliphatic heterocycles. The zero-order valence-corrected chi connectivity index (χ0v) is 13.8. The van der Waals surface area contributed by atoms with Gasteiger partial charge in [0, 0.05) is 38.3 Å². The highest BCUT2D eigenvalue weighted by atomic mass is 35.5. The van der Waals surface area contributed by atoms with Gasteiger partial charge in [0.1, 0.15) is 11.3 Å². The first-order valence-corrected chi connectivity index (χ1v) is 8.32. The van der Waals surface area contributed by atoms with Crippen LogP contribution in [-0.4, -0.2) is 33.6 Å². The van der Waals surface area contributed by atoms with Crippen LogP contribution in [-0.2, 0) is 17.7 Å². The van der Waals surface area contributed by atoms with Crippen molar-refractivity contribution in [1.29, 1.82) is 0 Å². The Bertz CT molecular complexity index is 571. The van der Waals surface area contributed by atoms with E-state index in [1.54, 1.807) is 6.20 Å². The highest BCUT2D eigenvalue weighted by Crippen LogP contribution is 2.19. The summed E-state index contributed by atoms with van der Waals surface area (Å²) < 4.78 is 7.72. The minimum atomic E-state index is 0.546. The molecule has 116 valence electrons. The molecule has 0 N–H and O–H groups in total. The highest BCUT2D eigenvalue weighted by Gasteiger charge is 2.11. The standard InChI is InChI=1S/C15H21Cl2N3O/c1-2-3-8-21-9-4-7-20-14(5-6-16)19-13-10-12(17)11-18-15(13)20/h10-11H,2-9H2,1H3. The van der Waals surface area contributed by atoms with Gasteiger partial charge in [0.2, 0.25) is 0 Å². The van der Waals surface area contributed by atoms with E-state index in [4.69, 9.17) is 27.9 Å². The fraction of sp³-hybridized carbons (Fsp3) is 0.600. The van der Waals surface area contributed by atoms with Crippen molar-refractivity contribution < 1.29 is 4.74 Å². The summed E-state index contributed by atoms with van der Waals surface area (Å²) in [5.74, 6) is 1.51.